The standard InChI is InChI=1S/C13H21N3O2/c1-2-7-16-8-6-15-12(13(16)17)18-11-5-3-4-10(11)9-14/h6,8,10-11H,2-5,7,9,14H2,1H3. The Hall–Kier alpha value is -1.36. The molecular weight excluding hydrogens is 230 g/mol. The Kier molecular flexibility index (Phi) is 4.36. The zero-order valence-corrected chi connectivity index (χ0v) is 10.8. The average molecular weight is 251 g/mol. The second kappa shape index (κ2) is 6.00. The first-order valence-electron chi connectivity index (χ1n) is 6.68. The van der Waals surface area contributed by atoms with Crippen molar-refractivity contribution in [2.45, 2.75) is 45.3 Å². The van der Waals surface area contributed by atoms with E-state index in [1.54, 1.807) is 17.0 Å². The second-order valence-corrected chi connectivity index (χ2v) is 4.81. The fourth-order valence-electron chi connectivity index (χ4n) is 2.50. The van der Waals surface area contributed by atoms with Crippen LogP contribution in [0.1, 0.15) is 32.6 Å². The molecule has 1 aliphatic rings. The number of ether oxygens (including phenoxy) is 1. The van der Waals surface area contributed by atoms with Gasteiger partial charge in [-0.25, -0.2) is 4.98 Å². The van der Waals surface area contributed by atoms with E-state index in [9.17, 15) is 4.79 Å². The summed E-state index contributed by atoms with van der Waals surface area (Å²) in [6.07, 6.45) is 7.45. The highest BCUT2D eigenvalue weighted by Gasteiger charge is 2.28. The van der Waals surface area contributed by atoms with Crippen LogP contribution >= 0.6 is 0 Å². The van der Waals surface area contributed by atoms with Crippen molar-refractivity contribution in [3.63, 3.8) is 0 Å². The van der Waals surface area contributed by atoms with E-state index >= 15 is 0 Å². The first-order chi connectivity index (χ1) is 8.76. The van der Waals surface area contributed by atoms with Gasteiger partial charge in [-0.05, 0) is 32.2 Å². The number of nitrogens with zero attached hydrogens (tertiary/aromatic N) is 2. The molecule has 2 atom stereocenters. The Labute approximate surface area is 107 Å². The molecule has 0 saturated heterocycles. The fourth-order valence-corrected chi connectivity index (χ4v) is 2.50. The predicted octanol–water partition coefficient (Wildman–Crippen LogP) is 1.16. The summed E-state index contributed by atoms with van der Waals surface area (Å²) in [6, 6.07) is 0. The molecule has 5 heteroatoms. The third-order valence-corrected chi connectivity index (χ3v) is 3.50. The van der Waals surface area contributed by atoms with E-state index in [-0.39, 0.29) is 17.5 Å². The molecule has 2 unspecified atom stereocenters. The quantitative estimate of drug-likeness (QED) is 0.852. The van der Waals surface area contributed by atoms with Crippen molar-refractivity contribution in [1.82, 2.24) is 9.55 Å². The zero-order chi connectivity index (χ0) is 13.0. The van der Waals surface area contributed by atoms with Crippen molar-refractivity contribution in [3.8, 4) is 5.88 Å². The monoisotopic (exact) mass is 251 g/mol. The highest BCUT2D eigenvalue weighted by Crippen LogP contribution is 2.27. The summed E-state index contributed by atoms with van der Waals surface area (Å²) in [4.78, 5) is 16.1. The number of aryl methyl sites for hydroxylation is 1. The van der Waals surface area contributed by atoms with Crippen LogP contribution < -0.4 is 16.0 Å². The van der Waals surface area contributed by atoms with Gasteiger partial charge in [0.25, 0.3) is 5.88 Å². The van der Waals surface area contributed by atoms with E-state index in [0.717, 1.165) is 25.7 Å². The minimum Gasteiger partial charge on any atom is -0.470 e. The molecule has 100 valence electrons. The molecule has 0 radical (unpaired) electrons. The molecule has 0 amide bonds. The van der Waals surface area contributed by atoms with Crippen LogP contribution in [0.25, 0.3) is 0 Å². The van der Waals surface area contributed by atoms with Crippen molar-refractivity contribution >= 4 is 0 Å². The summed E-state index contributed by atoms with van der Waals surface area (Å²) in [5, 5.41) is 0. The van der Waals surface area contributed by atoms with Crippen molar-refractivity contribution in [2.24, 2.45) is 11.7 Å². The Morgan fingerprint density at radius 3 is 3.11 bits per heavy atom. The van der Waals surface area contributed by atoms with Crippen molar-refractivity contribution < 1.29 is 4.74 Å². The molecule has 0 aromatic carbocycles. The summed E-state index contributed by atoms with van der Waals surface area (Å²) in [6.45, 7) is 3.35. The average Bonchev–Trinajstić information content (AvgIpc) is 2.82. The van der Waals surface area contributed by atoms with E-state index in [0.29, 0.717) is 19.0 Å². The van der Waals surface area contributed by atoms with E-state index < -0.39 is 0 Å². The number of rotatable bonds is 5. The third-order valence-electron chi connectivity index (χ3n) is 3.50. The largest absolute Gasteiger partial charge is 0.470 e. The van der Waals surface area contributed by atoms with Gasteiger partial charge in [0.2, 0.25) is 0 Å². The lowest BCUT2D eigenvalue weighted by Crippen LogP contribution is -2.31. The molecule has 1 aromatic rings. The van der Waals surface area contributed by atoms with Gasteiger partial charge in [-0.1, -0.05) is 6.92 Å². The van der Waals surface area contributed by atoms with E-state index in [4.69, 9.17) is 10.5 Å². The van der Waals surface area contributed by atoms with E-state index in [1.807, 2.05) is 6.92 Å². The van der Waals surface area contributed by atoms with Crippen LogP contribution in [0.4, 0.5) is 0 Å². The second-order valence-electron chi connectivity index (χ2n) is 4.81. The molecule has 1 heterocycles. The van der Waals surface area contributed by atoms with Gasteiger partial charge in [0.05, 0.1) is 0 Å². The van der Waals surface area contributed by atoms with Crippen LogP contribution in [0, 0.1) is 5.92 Å². The molecule has 0 bridgehead atoms. The fraction of sp³-hybridized carbons (Fsp3) is 0.692. The minimum atomic E-state index is -0.137. The lowest BCUT2D eigenvalue weighted by Gasteiger charge is -2.19. The summed E-state index contributed by atoms with van der Waals surface area (Å²) >= 11 is 0. The van der Waals surface area contributed by atoms with Gasteiger partial charge in [0, 0.05) is 24.9 Å². The van der Waals surface area contributed by atoms with Crippen LogP contribution in [0.2, 0.25) is 0 Å². The third kappa shape index (κ3) is 2.72. The molecule has 18 heavy (non-hydrogen) atoms. The number of hydrogen-bond acceptors (Lipinski definition) is 4. The summed E-state index contributed by atoms with van der Waals surface area (Å²) in [5.41, 5.74) is 5.57. The Balaban J connectivity index is 2.14. The number of hydrogen-bond donors (Lipinski definition) is 1. The van der Waals surface area contributed by atoms with Crippen LogP contribution in [-0.4, -0.2) is 22.2 Å². The Morgan fingerprint density at radius 2 is 2.39 bits per heavy atom. The maximum atomic E-state index is 12.1. The maximum Gasteiger partial charge on any atom is 0.313 e. The molecule has 2 rings (SSSR count). The van der Waals surface area contributed by atoms with Crippen LogP contribution in [0.15, 0.2) is 17.2 Å². The van der Waals surface area contributed by atoms with Gasteiger partial charge in [-0.3, -0.25) is 4.79 Å². The molecule has 0 aliphatic heterocycles. The van der Waals surface area contributed by atoms with Gasteiger partial charge in [-0.2, -0.15) is 0 Å². The highest BCUT2D eigenvalue weighted by atomic mass is 16.5. The normalized spacial score (nSPS) is 23.2. The van der Waals surface area contributed by atoms with Crippen molar-refractivity contribution in [1.29, 1.82) is 0 Å². The van der Waals surface area contributed by atoms with E-state index in [1.165, 1.54) is 0 Å². The number of aromatic nitrogens is 2. The highest BCUT2D eigenvalue weighted by molar-refractivity contribution is 5.06. The van der Waals surface area contributed by atoms with Gasteiger partial charge in [-0.15, -0.1) is 0 Å². The van der Waals surface area contributed by atoms with Gasteiger partial charge in [0.1, 0.15) is 6.10 Å². The first kappa shape index (κ1) is 13.1. The first-order valence-corrected chi connectivity index (χ1v) is 6.68. The molecule has 1 saturated carbocycles. The molecular formula is C13H21N3O2. The number of nitrogens with two attached hydrogens (primary N) is 1. The van der Waals surface area contributed by atoms with Crippen molar-refractivity contribution in [2.75, 3.05) is 6.54 Å². The molecule has 1 fully saturated rings. The van der Waals surface area contributed by atoms with Crippen LogP contribution in [-0.2, 0) is 6.54 Å². The van der Waals surface area contributed by atoms with Crippen LogP contribution in [0.3, 0.4) is 0 Å². The van der Waals surface area contributed by atoms with Gasteiger partial charge < -0.3 is 15.0 Å². The van der Waals surface area contributed by atoms with Crippen LogP contribution in [0.5, 0.6) is 5.88 Å². The smallest absolute Gasteiger partial charge is 0.313 e. The topological polar surface area (TPSA) is 70.1 Å². The maximum absolute atomic E-state index is 12.1. The summed E-state index contributed by atoms with van der Waals surface area (Å²) < 4.78 is 7.42. The molecule has 5 nitrogen and oxygen atoms in total. The van der Waals surface area contributed by atoms with Gasteiger partial charge in [0.15, 0.2) is 0 Å². The molecule has 0 spiro atoms. The SMILES string of the molecule is CCCn1ccnc(OC2CCCC2CN)c1=O. The molecule has 2 N–H and O–H groups in total. The lowest BCUT2D eigenvalue weighted by molar-refractivity contribution is 0.152. The lowest BCUT2D eigenvalue weighted by atomic mass is 10.1. The minimum absolute atomic E-state index is 0.0488. The van der Waals surface area contributed by atoms with E-state index in [2.05, 4.69) is 4.98 Å². The van der Waals surface area contributed by atoms with Crippen molar-refractivity contribution in [3.05, 3.63) is 22.7 Å². The summed E-state index contributed by atoms with van der Waals surface area (Å²) in [7, 11) is 0. The predicted molar refractivity (Wildman–Crippen MR) is 69.6 cm³/mol. The van der Waals surface area contributed by atoms with Gasteiger partial charge >= 0.3 is 5.56 Å². The zero-order valence-electron chi connectivity index (χ0n) is 10.8. The molecule has 1 aromatic heterocycles. The Bertz CT molecular complexity index is 444. The Morgan fingerprint density at radius 1 is 1.56 bits per heavy atom. The molecule has 1 aliphatic carbocycles. The summed E-state index contributed by atoms with van der Waals surface area (Å²) in [5.74, 6) is 0.572.